The summed E-state index contributed by atoms with van der Waals surface area (Å²) in [6.45, 7) is 1.91. The Morgan fingerprint density at radius 1 is 0.958 bits per heavy atom. The maximum atomic E-state index is 10.8. The van der Waals surface area contributed by atoms with Gasteiger partial charge < -0.3 is 9.84 Å². The highest BCUT2D eigenvalue weighted by molar-refractivity contribution is 5.37. The number of rotatable bonds is 3. The van der Waals surface area contributed by atoms with E-state index in [0.29, 0.717) is 6.04 Å². The highest BCUT2D eigenvalue weighted by atomic mass is 16.5. The molecule has 1 aromatic rings. The van der Waals surface area contributed by atoms with Crippen LogP contribution in [0.2, 0.25) is 0 Å². The number of methoxy groups -OCH3 is 1. The van der Waals surface area contributed by atoms with Gasteiger partial charge in [-0.3, -0.25) is 4.90 Å². The number of para-hydroxylation sites is 1. The molecule has 3 heteroatoms. The molecule has 1 saturated carbocycles. The molecule has 2 aliphatic rings. The summed E-state index contributed by atoms with van der Waals surface area (Å²) in [7, 11) is 1.72. The van der Waals surface area contributed by atoms with E-state index in [4.69, 9.17) is 4.74 Å². The Bertz CT molecular complexity index is 494. The van der Waals surface area contributed by atoms with E-state index in [9.17, 15) is 5.11 Å². The monoisotopic (exact) mass is 331 g/mol. The number of benzene rings is 1. The van der Waals surface area contributed by atoms with Crippen molar-refractivity contribution in [2.75, 3.05) is 20.2 Å². The number of likely N-dealkylation sites (tertiary alicyclic amines) is 1. The largest absolute Gasteiger partial charge is 0.496 e. The number of β-amino-alcohol motifs (C(OH)–C–C–N with tert-alkyl or cyclic N) is 1. The SMILES string of the molecule is COc1ccccc1C1CCN(C2CCCCCCCC2)CC1O. The Hall–Kier alpha value is -1.06. The number of hydrogen-bond donors (Lipinski definition) is 1. The van der Waals surface area contributed by atoms with Crippen molar-refractivity contribution < 1.29 is 9.84 Å². The van der Waals surface area contributed by atoms with Crippen LogP contribution in [0.3, 0.4) is 0 Å². The summed E-state index contributed by atoms with van der Waals surface area (Å²) in [5, 5.41) is 10.8. The van der Waals surface area contributed by atoms with E-state index in [-0.39, 0.29) is 12.0 Å². The van der Waals surface area contributed by atoms with E-state index in [1.807, 2.05) is 12.1 Å². The van der Waals surface area contributed by atoms with Gasteiger partial charge in [-0.05, 0) is 37.4 Å². The molecule has 1 saturated heterocycles. The minimum atomic E-state index is -0.289. The van der Waals surface area contributed by atoms with Crippen LogP contribution in [-0.4, -0.2) is 42.4 Å². The average molecular weight is 332 g/mol. The van der Waals surface area contributed by atoms with Crippen LogP contribution in [0.15, 0.2) is 24.3 Å². The Morgan fingerprint density at radius 3 is 2.29 bits per heavy atom. The number of ether oxygens (including phenoxy) is 1. The summed E-state index contributed by atoms with van der Waals surface area (Å²) in [5.41, 5.74) is 1.17. The van der Waals surface area contributed by atoms with Gasteiger partial charge in [-0.1, -0.05) is 56.7 Å². The van der Waals surface area contributed by atoms with Crippen LogP contribution in [0.25, 0.3) is 0 Å². The number of aliphatic hydroxyl groups is 1. The van der Waals surface area contributed by atoms with Gasteiger partial charge in [0.05, 0.1) is 13.2 Å². The molecular formula is C21H33NO2. The summed E-state index contributed by atoms with van der Waals surface area (Å²) >= 11 is 0. The average Bonchev–Trinajstić information content (AvgIpc) is 2.75. The van der Waals surface area contributed by atoms with Crippen molar-refractivity contribution in [2.24, 2.45) is 0 Å². The Kier molecular flexibility index (Phi) is 6.56. The maximum Gasteiger partial charge on any atom is 0.122 e. The molecule has 134 valence electrons. The standard InChI is InChI=1S/C21H33NO2/c1-24-21-13-9-8-12-19(21)18-14-15-22(16-20(18)23)17-10-6-4-2-3-5-7-11-17/h8-9,12-13,17-18,20,23H,2-7,10-11,14-16H2,1H3. The molecule has 2 atom stereocenters. The van der Waals surface area contributed by atoms with Crippen LogP contribution in [0.1, 0.15) is 69.3 Å². The fourth-order valence-electron chi connectivity index (χ4n) is 4.60. The van der Waals surface area contributed by atoms with Crippen LogP contribution in [0.4, 0.5) is 0 Å². The van der Waals surface area contributed by atoms with Crippen LogP contribution in [0, 0.1) is 0 Å². The molecule has 1 aromatic carbocycles. The Labute approximate surface area is 147 Å². The molecule has 3 rings (SSSR count). The number of piperidine rings is 1. The van der Waals surface area contributed by atoms with Gasteiger partial charge in [0.2, 0.25) is 0 Å². The molecule has 0 aromatic heterocycles. The topological polar surface area (TPSA) is 32.7 Å². The van der Waals surface area contributed by atoms with E-state index < -0.39 is 0 Å². The van der Waals surface area contributed by atoms with Crippen LogP contribution in [0.5, 0.6) is 5.75 Å². The minimum Gasteiger partial charge on any atom is -0.496 e. The van der Waals surface area contributed by atoms with Crippen molar-refractivity contribution in [1.82, 2.24) is 4.90 Å². The van der Waals surface area contributed by atoms with E-state index in [1.54, 1.807) is 7.11 Å². The van der Waals surface area contributed by atoms with Gasteiger partial charge in [-0.15, -0.1) is 0 Å². The lowest BCUT2D eigenvalue weighted by Crippen LogP contribution is -2.47. The lowest BCUT2D eigenvalue weighted by molar-refractivity contribution is 0.0241. The molecule has 1 aliphatic carbocycles. The van der Waals surface area contributed by atoms with Gasteiger partial charge in [-0.2, -0.15) is 0 Å². The summed E-state index contributed by atoms with van der Waals surface area (Å²) < 4.78 is 5.51. The highest BCUT2D eigenvalue weighted by Gasteiger charge is 2.33. The third kappa shape index (κ3) is 4.31. The fourth-order valence-corrected chi connectivity index (χ4v) is 4.60. The molecule has 1 aliphatic heterocycles. The summed E-state index contributed by atoms with van der Waals surface area (Å²) in [6.07, 6.45) is 11.7. The van der Waals surface area contributed by atoms with E-state index >= 15 is 0 Å². The number of hydrogen-bond acceptors (Lipinski definition) is 3. The fraction of sp³-hybridized carbons (Fsp3) is 0.714. The predicted molar refractivity (Wildman–Crippen MR) is 98.7 cm³/mol. The molecule has 1 heterocycles. The normalized spacial score (nSPS) is 27.9. The van der Waals surface area contributed by atoms with Gasteiger partial charge in [0.1, 0.15) is 5.75 Å². The van der Waals surface area contributed by atoms with Crippen LogP contribution < -0.4 is 4.74 Å². The first kappa shape index (κ1) is 17.8. The van der Waals surface area contributed by atoms with Crippen molar-refractivity contribution in [1.29, 1.82) is 0 Å². The summed E-state index contributed by atoms with van der Waals surface area (Å²) in [5.74, 6) is 1.12. The predicted octanol–water partition coefficient (Wildman–Crippen LogP) is 4.35. The van der Waals surface area contributed by atoms with Crippen LogP contribution in [-0.2, 0) is 0 Å². The molecule has 1 N–H and O–H groups in total. The zero-order chi connectivity index (χ0) is 16.8. The highest BCUT2D eigenvalue weighted by Crippen LogP contribution is 2.35. The molecule has 0 spiro atoms. The summed E-state index contributed by atoms with van der Waals surface area (Å²) in [6, 6.07) is 8.85. The van der Waals surface area contributed by atoms with Crippen molar-refractivity contribution in [2.45, 2.75) is 75.9 Å². The molecule has 3 nitrogen and oxygen atoms in total. The zero-order valence-corrected chi connectivity index (χ0v) is 15.1. The first-order chi connectivity index (χ1) is 11.8. The first-order valence-corrected chi connectivity index (χ1v) is 9.84. The zero-order valence-electron chi connectivity index (χ0n) is 15.1. The molecule has 0 amide bonds. The number of nitrogens with zero attached hydrogens (tertiary/aromatic N) is 1. The lowest BCUT2D eigenvalue weighted by atomic mass is 9.85. The van der Waals surface area contributed by atoms with Gasteiger partial charge in [-0.25, -0.2) is 0 Å². The van der Waals surface area contributed by atoms with Crippen molar-refractivity contribution in [3.05, 3.63) is 29.8 Å². The molecule has 2 fully saturated rings. The van der Waals surface area contributed by atoms with Gasteiger partial charge in [0, 0.05) is 18.5 Å². The first-order valence-electron chi connectivity index (χ1n) is 9.84. The van der Waals surface area contributed by atoms with E-state index in [0.717, 1.165) is 25.3 Å². The third-order valence-corrected chi connectivity index (χ3v) is 5.99. The lowest BCUT2D eigenvalue weighted by Gasteiger charge is -2.41. The second-order valence-electron chi connectivity index (χ2n) is 7.55. The molecule has 0 bridgehead atoms. The molecule has 2 unspecified atom stereocenters. The van der Waals surface area contributed by atoms with Crippen LogP contribution >= 0.6 is 0 Å². The smallest absolute Gasteiger partial charge is 0.122 e. The maximum absolute atomic E-state index is 10.8. The van der Waals surface area contributed by atoms with Crippen molar-refractivity contribution >= 4 is 0 Å². The third-order valence-electron chi connectivity index (χ3n) is 5.99. The molecular weight excluding hydrogens is 298 g/mol. The minimum absolute atomic E-state index is 0.203. The molecule has 0 radical (unpaired) electrons. The summed E-state index contributed by atoms with van der Waals surface area (Å²) in [4.78, 5) is 2.57. The second kappa shape index (κ2) is 8.87. The second-order valence-corrected chi connectivity index (χ2v) is 7.55. The van der Waals surface area contributed by atoms with Gasteiger partial charge >= 0.3 is 0 Å². The Morgan fingerprint density at radius 2 is 1.62 bits per heavy atom. The number of aliphatic hydroxyl groups excluding tert-OH is 1. The quantitative estimate of drug-likeness (QED) is 0.894. The molecule has 24 heavy (non-hydrogen) atoms. The Balaban J connectivity index is 1.63. The van der Waals surface area contributed by atoms with Crippen molar-refractivity contribution in [3.63, 3.8) is 0 Å². The van der Waals surface area contributed by atoms with Crippen molar-refractivity contribution in [3.8, 4) is 5.75 Å². The van der Waals surface area contributed by atoms with E-state index in [2.05, 4.69) is 17.0 Å². The van der Waals surface area contributed by atoms with Gasteiger partial charge in [0.15, 0.2) is 0 Å². The van der Waals surface area contributed by atoms with E-state index in [1.165, 1.54) is 56.9 Å². The van der Waals surface area contributed by atoms with Gasteiger partial charge in [0.25, 0.3) is 0 Å².